The van der Waals surface area contributed by atoms with Crippen molar-refractivity contribution < 1.29 is 39.8 Å². The van der Waals surface area contributed by atoms with Crippen LogP contribution in [0, 0.1) is 0 Å². The molecule has 1 aliphatic heterocycles. The maximum atomic E-state index is 13.1. The van der Waals surface area contributed by atoms with Crippen LogP contribution in [0.25, 0.3) is 0 Å². The molecule has 1 amide bonds. The molecule has 0 aromatic heterocycles. The third-order valence-corrected chi connectivity index (χ3v) is 16.0. The quantitative estimate of drug-likeness (QED) is 0.0261. The highest BCUT2D eigenvalue weighted by Gasteiger charge is 2.44. The van der Waals surface area contributed by atoms with Crippen LogP contribution in [0.4, 0.5) is 0 Å². The molecule has 0 radical (unpaired) electrons. The van der Waals surface area contributed by atoms with Gasteiger partial charge in [0.05, 0.1) is 25.4 Å². The van der Waals surface area contributed by atoms with Gasteiger partial charge in [-0.15, -0.1) is 0 Å². The summed E-state index contributed by atoms with van der Waals surface area (Å²) in [6.07, 6.45) is 77.3. The number of ether oxygens (including phenoxy) is 2. The van der Waals surface area contributed by atoms with Crippen molar-refractivity contribution in [1.29, 1.82) is 0 Å². The normalized spacial score (nSPS) is 18.9. The van der Waals surface area contributed by atoms with E-state index < -0.39 is 49.5 Å². The van der Waals surface area contributed by atoms with Crippen molar-refractivity contribution in [3.63, 3.8) is 0 Å². The fourth-order valence-corrected chi connectivity index (χ4v) is 10.7. The van der Waals surface area contributed by atoms with Gasteiger partial charge in [0.2, 0.25) is 5.91 Å². The Kier molecular flexibility index (Phi) is 56.5. The van der Waals surface area contributed by atoms with E-state index in [4.69, 9.17) is 9.47 Å². The van der Waals surface area contributed by atoms with Crippen molar-refractivity contribution >= 4 is 5.91 Å². The first kappa shape index (κ1) is 75.6. The van der Waals surface area contributed by atoms with Crippen molar-refractivity contribution in [2.75, 3.05) is 13.2 Å². The minimum atomic E-state index is -1.57. The molecule has 466 valence electrons. The van der Waals surface area contributed by atoms with Crippen LogP contribution >= 0.6 is 0 Å². The van der Waals surface area contributed by atoms with Gasteiger partial charge in [0.15, 0.2) is 6.29 Å². The molecule has 0 aromatic carbocycles. The van der Waals surface area contributed by atoms with Crippen molar-refractivity contribution in [2.45, 2.75) is 358 Å². The first-order chi connectivity index (χ1) is 39.3. The molecule has 0 aliphatic carbocycles. The van der Waals surface area contributed by atoms with Gasteiger partial charge in [-0.05, 0) is 70.6 Å². The molecular formula is C71H129NO8. The second-order valence-electron chi connectivity index (χ2n) is 23.6. The Morgan fingerprint density at radius 3 is 1.20 bits per heavy atom. The number of nitrogens with one attached hydrogen (secondary N) is 1. The van der Waals surface area contributed by atoms with Crippen LogP contribution in [0.1, 0.15) is 316 Å². The van der Waals surface area contributed by atoms with Crippen LogP contribution in [0.2, 0.25) is 0 Å². The Morgan fingerprint density at radius 1 is 0.438 bits per heavy atom. The van der Waals surface area contributed by atoms with Crippen LogP contribution in [-0.2, 0) is 14.3 Å². The van der Waals surface area contributed by atoms with Crippen LogP contribution in [0.5, 0.6) is 0 Å². The molecule has 1 saturated heterocycles. The van der Waals surface area contributed by atoms with Crippen molar-refractivity contribution in [3.8, 4) is 0 Å². The number of allylic oxidation sites excluding steroid dienone is 11. The number of hydrogen-bond acceptors (Lipinski definition) is 8. The molecule has 6 N–H and O–H groups in total. The van der Waals surface area contributed by atoms with Crippen molar-refractivity contribution in [1.82, 2.24) is 5.32 Å². The molecule has 0 bridgehead atoms. The summed E-state index contributed by atoms with van der Waals surface area (Å²) in [5.41, 5.74) is 0. The Labute approximate surface area is 493 Å². The van der Waals surface area contributed by atoms with Gasteiger partial charge >= 0.3 is 0 Å². The average Bonchev–Trinajstić information content (AvgIpc) is 3.46. The average molecular weight is 1120 g/mol. The predicted octanol–water partition coefficient (Wildman–Crippen LogP) is 18.4. The van der Waals surface area contributed by atoms with Gasteiger partial charge in [0.25, 0.3) is 0 Å². The van der Waals surface area contributed by atoms with E-state index in [-0.39, 0.29) is 12.5 Å². The van der Waals surface area contributed by atoms with Gasteiger partial charge < -0.3 is 40.3 Å². The number of amides is 1. The molecule has 7 unspecified atom stereocenters. The second kappa shape index (κ2) is 59.8. The summed E-state index contributed by atoms with van der Waals surface area (Å²) in [7, 11) is 0. The van der Waals surface area contributed by atoms with E-state index >= 15 is 0 Å². The van der Waals surface area contributed by atoms with Gasteiger partial charge in [0, 0.05) is 6.42 Å². The Morgan fingerprint density at radius 2 is 0.787 bits per heavy atom. The SMILES string of the molecule is CC/C=C\C/C=C\C/C=C\C/C=C\CCCCCCCCCCCCCCCCCCCCCCCCCCC(=O)NC(COC1OC(CO)C(O)C(O)C1O)C(O)/C=C/CC/C=C/CCCCCCCCCCCCCCCC. The van der Waals surface area contributed by atoms with Crippen LogP contribution in [0.15, 0.2) is 72.9 Å². The monoisotopic (exact) mass is 1120 g/mol. The maximum Gasteiger partial charge on any atom is 0.220 e. The van der Waals surface area contributed by atoms with Crippen molar-refractivity contribution in [2.24, 2.45) is 0 Å². The molecule has 0 spiro atoms. The van der Waals surface area contributed by atoms with Crippen LogP contribution in [0.3, 0.4) is 0 Å². The molecule has 1 fully saturated rings. The fraction of sp³-hybridized carbons (Fsp3) is 0.817. The van der Waals surface area contributed by atoms with E-state index in [0.717, 1.165) is 64.2 Å². The summed E-state index contributed by atoms with van der Waals surface area (Å²) in [6, 6.07) is -0.823. The third kappa shape index (κ3) is 48.0. The lowest BCUT2D eigenvalue weighted by molar-refractivity contribution is -0.302. The molecule has 0 aromatic rings. The smallest absolute Gasteiger partial charge is 0.220 e. The fourth-order valence-electron chi connectivity index (χ4n) is 10.7. The maximum absolute atomic E-state index is 13.1. The Balaban J connectivity index is 2.10. The van der Waals surface area contributed by atoms with E-state index in [0.29, 0.717) is 6.42 Å². The van der Waals surface area contributed by atoms with Gasteiger partial charge in [0.1, 0.15) is 24.4 Å². The van der Waals surface area contributed by atoms with Gasteiger partial charge in [-0.3, -0.25) is 4.79 Å². The molecule has 7 atom stereocenters. The number of hydrogen-bond donors (Lipinski definition) is 6. The third-order valence-electron chi connectivity index (χ3n) is 16.0. The number of unbranched alkanes of at least 4 members (excludes halogenated alkanes) is 39. The molecule has 9 nitrogen and oxygen atoms in total. The minimum Gasteiger partial charge on any atom is -0.394 e. The zero-order chi connectivity index (χ0) is 57.9. The minimum absolute atomic E-state index is 0.182. The molecule has 0 saturated carbocycles. The van der Waals surface area contributed by atoms with Gasteiger partial charge in [-0.2, -0.15) is 0 Å². The van der Waals surface area contributed by atoms with Crippen molar-refractivity contribution in [3.05, 3.63) is 72.9 Å². The molecule has 9 heteroatoms. The van der Waals surface area contributed by atoms with Gasteiger partial charge in [-0.1, -0.05) is 311 Å². The zero-order valence-corrected chi connectivity index (χ0v) is 52.1. The summed E-state index contributed by atoms with van der Waals surface area (Å²) in [6.45, 7) is 3.68. The standard InChI is InChI=1S/C71H129NO8/c1-3-5-7-9-11-13-15-17-19-21-23-25-26-27-28-29-30-31-32-33-34-35-36-37-38-39-40-41-43-45-47-49-51-53-55-57-59-61-67(75)72-64(63-79-71-70(78)69(77)68(76)66(62-73)80-71)65(74)60-58-56-54-52-50-48-46-44-42-24-22-20-18-16-14-12-10-8-6-4-2/h5,7,11,13,17,19,23,25,50,52,58,60,64-66,68-71,73-74,76-78H,3-4,6,8-10,12,14-16,18,20-22,24,26-49,51,53-57,59,61-63H2,1-2H3,(H,72,75)/b7-5-,13-11-,19-17-,25-23-,52-50+,60-58+. The molecule has 80 heavy (non-hydrogen) atoms. The summed E-state index contributed by atoms with van der Waals surface area (Å²) >= 11 is 0. The van der Waals surface area contributed by atoms with E-state index in [1.54, 1.807) is 6.08 Å². The highest BCUT2D eigenvalue weighted by atomic mass is 16.7. The lowest BCUT2D eigenvalue weighted by Gasteiger charge is -2.40. The van der Waals surface area contributed by atoms with E-state index in [1.165, 1.54) is 231 Å². The number of aliphatic hydroxyl groups excluding tert-OH is 5. The number of carbonyl (C=O) groups excluding carboxylic acids is 1. The van der Waals surface area contributed by atoms with Gasteiger partial charge in [-0.25, -0.2) is 0 Å². The summed E-state index contributed by atoms with van der Waals surface area (Å²) in [4.78, 5) is 13.1. The molecule has 1 rings (SSSR count). The molecule has 1 heterocycles. The molecule has 1 aliphatic rings. The zero-order valence-electron chi connectivity index (χ0n) is 52.1. The number of aliphatic hydroxyl groups is 5. The number of carbonyl (C=O) groups is 1. The van der Waals surface area contributed by atoms with E-state index in [2.05, 4.69) is 79.9 Å². The van der Waals surface area contributed by atoms with E-state index in [1.807, 2.05) is 6.08 Å². The summed E-state index contributed by atoms with van der Waals surface area (Å²) in [5.74, 6) is -0.182. The first-order valence-corrected chi connectivity index (χ1v) is 34.2. The van der Waals surface area contributed by atoms with Crippen LogP contribution in [-0.4, -0.2) is 87.5 Å². The highest BCUT2D eigenvalue weighted by molar-refractivity contribution is 5.76. The first-order valence-electron chi connectivity index (χ1n) is 34.2. The topological polar surface area (TPSA) is 149 Å². The summed E-state index contributed by atoms with van der Waals surface area (Å²) in [5, 5.41) is 54.7. The lowest BCUT2D eigenvalue weighted by Crippen LogP contribution is -2.60. The second-order valence-corrected chi connectivity index (χ2v) is 23.6. The predicted molar refractivity (Wildman–Crippen MR) is 341 cm³/mol. The molecular weight excluding hydrogens is 995 g/mol. The lowest BCUT2D eigenvalue weighted by atomic mass is 9.99. The largest absolute Gasteiger partial charge is 0.394 e. The van der Waals surface area contributed by atoms with Crippen LogP contribution < -0.4 is 5.32 Å². The highest BCUT2D eigenvalue weighted by Crippen LogP contribution is 2.23. The summed E-state index contributed by atoms with van der Waals surface area (Å²) < 4.78 is 11.3. The Hall–Kier alpha value is -2.37. The number of rotatable bonds is 59. The van der Waals surface area contributed by atoms with E-state index in [9.17, 15) is 30.3 Å². The Bertz CT molecular complexity index is 1490.